The number of halogens is 1. The van der Waals surface area contributed by atoms with E-state index in [4.69, 9.17) is 14.5 Å². The Morgan fingerprint density at radius 1 is 1.31 bits per heavy atom. The second-order valence-corrected chi connectivity index (χ2v) is 7.88. The fraction of sp³-hybridized carbons (Fsp3) is 0.810. The predicted molar refractivity (Wildman–Crippen MR) is 127 cm³/mol. The van der Waals surface area contributed by atoms with Gasteiger partial charge in [0, 0.05) is 45.5 Å². The maximum atomic E-state index is 6.14. The van der Waals surface area contributed by atoms with E-state index in [2.05, 4.69) is 35.4 Å². The van der Waals surface area contributed by atoms with Crippen molar-refractivity contribution in [3.05, 3.63) is 18.0 Å². The highest BCUT2D eigenvalue weighted by molar-refractivity contribution is 14.0. The lowest BCUT2D eigenvalue weighted by molar-refractivity contribution is -0.0721. The third kappa shape index (κ3) is 8.41. The quantitative estimate of drug-likeness (QED) is 0.248. The van der Waals surface area contributed by atoms with Crippen molar-refractivity contribution in [1.82, 2.24) is 20.0 Å². The van der Waals surface area contributed by atoms with Crippen LogP contribution in [0.2, 0.25) is 0 Å². The van der Waals surface area contributed by atoms with Gasteiger partial charge >= 0.3 is 0 Å². The van der Waals surface area contributed by atoms with Crippen LogP contribution in [0.4, 0.5) is 0 Å². The normalized spacial score (nSPS) is 21.1. The number of hydrogen-bond donors (Lipinski definition) is 1. The molecule has 2 aliphatic heterocycles. The monoisotopic (exact) mass is 519 g/mol. The zero-order chi connectivity index (χ0) is 19.6. The van der Waals surface area contributed by atoms with Gasteiger partial charge in [-0.15, -0.1) is 24.0 Å². The van der Waals surface area contributed by atoms with Gasteiger partial charge in [-0.05, 0) is 57.9 Å². The lowest BCUT2D eigenvalue weighted by Gasteiger charge is -2.35. The molecular formula is C21H38IN5O2. The summed E-state index contributed by atoms with van der Waals surface area (Å²) in [5, 5.41) is 7.78. The minimum Gasteiger partial charge on any atom is -0.376 e. The van der Waals surface area contributed by atoms with E-state index in [0.29, 0.717) is 12.2 Å². The van der Waals surface area contributed by atoms with Crippen LogP contribution in [0.25, 0.3) is 0 Å². The third-order valence-corrected chi connectivity index (χ3v) is 5.44. The van der Waals surface area contributed by atoms with E-state index in [0.717, 1.165) is 77.6 Å². The van der Waals surface area contributed by atoms with Gasteiger partial charge in [0.25, 0.3) is 0 Å². The highest BCUT2D eigenvalue weighted by Gasteiger charge is 2.23. The van der Waals surface area contributed by atoms with Gasteiger partial charge in [-0.1, -0.05) is 0 Å². The van der Waals surface area contributed by atoms with Crippen molar-refractivity contribution in [1.29, 1.82) is 0 Å². The molecule has 7 nitrogen and oxygen atoms in total. The summed E-state index contributed by atoms with van der Waals surface area (Å²) in [5.41, 5.74) is 1.21. The van der Waals surface area contributed by atoms with E-state index < -0.39 is 0 Å². The van der Waals surface area contributed by atoms with E-state index in [1.807, 2.05) is 10.9 Å². The minimum atomic E-state index is 0. The van der Waals surface area contributed by atoms with Gasteiger partial charge in [-0.2, -0.15) is 5.10 Å². The lowest BCUT2D eigenvalue weighted by atomic mass is 10.1. The fourth-order valence-corrected chi connectivity index (χ4v) is 3.85. The van der Waals surface area contributed by atoms with Crippen LogP contribution in [0, 0.1) is 6.92 Å². The smallest absolute Gasteiger partial charge is 0.193 e. The molecule has 1 aromatic rings. The maximum absolute atomic E-state index is 6.14. The molecule has 1 unspecified atom stereocenters. The Balaban J connectivity index is 0.00000300. The second-order valence-electron chi connectivity index (χ2n) is 7.88. The number of ether oxygens (including phenoxy) is 2. The molecule has 2 fully saturated rings. The molecular weight excluding hydrogens is 481 g/mol. The number of aryl methyl sites for hydroxylation is 2. The number of guanidine groups is 1. The molecule has 0 aliphatic carbocycles. The van der Waals surface area contributed by atoms with Crippen LogP contribution in [-0.4, -0.2) is 72.2 Å². The van der Waals surface area contributed by atoms with Gasteiger partial charge in [0.1, 0.15) is 0 Å². The summed E-state index contributed by atoms with van der Waals surface area (Å²) in [5.74, 6) is 1.04. The first-order chi connectivity index (χ1) is 13.7. The number of hydrogen-bond acceptors (Lipinski definition) is 4. The summed E-state index contributed by atoms with van der Waals surface area (Å²) in [7, 11) is 0. The van der Waals surface area contributed by atoms with Crippen LogP contribution >= 0.6 is 24.0 Å². The first kappa shape index (κ1) is 24.4. The molecule has 0 saturated carbocycles. The number of likely N-dealkylation sites (tertiary alicyclic amines) is 1. The standard InChI is InChI=1S/C21H37N5O2.HI/c1-3-22-21(23-10-6-11-26-16-18(2)15-24-26)25-12-8-19(9-13-25)28-17-20-7-4-5-14-27-20;/h15-16,19-20H,3-14,17H2,1-2H3,(H,22,23);1H. The molecule has 1 atom stereocenters. The molecule has 0 aromatic carbocycles. The van der Waals surface area contributed by atoms with Crippen molar-refractivity contribution in [2.75, 3.05) is 39.4 Å². The molecule has 2 aliphatic rings. The summed E-state index contributed by atoms with van der Waals surface area (Å²) in [6.45, 7) is 10.5. The molecule has 0 spiro atoms. The van der Waals surface area contributed by atoms with Crippen molar-refractivity contribution in [2.45, 2.75) is 71.1 Å². The van der Waals surface area contributed by atoms with Gasteiger partial charge in [0.15, 0.2) is 5.96 Å². The number of nitrogens with zero attached hydrogens (tertiary/aromatic N) is 4. The average Bonchev–Trinajstić information content (AvgIpc) is 3.15. The predicted octanol–water partition coefficient (Wildman–Crippen LogP) is 3.22. The van der Waals surface area contributed by atoms with E-state index in [1.54, 1.807) is 0 Å². The Hall–Kier alpha value is -0.870. The number of aliphatic imine (C=N–C) groups is 1. The fourth-order valence-electron chi connectivity index (χ4n) is 3.85. The number of rotatable bonds is 8. The van der Waals surface area contributed by atoms with Crippen LogP contribution in [-0.2, 0) is 16.0 Å². The van der Waals surface area contributed by atoms with E-state index in [1.165, 1.54) is 18.4 Å². The van der Waals surface area contributed by atoms with E-state index in [9.17, 15) is 0 Å². The molecule has 0 bridgehead atoms. The molecule has 1 aromatic heterocycles. The van der Waals surface area contributed by atoms with Crippen LogP contribution in [0.3, 0.4) is 0 Å². The zero-order valence-electron chi connectivity index (χ0n) is 18.0. The molecule has 0 radical (unpaired) electrons. The summed E-state index contributed by atoms with van der Waals surface area (Å²) in [6, 6.07) is 0. The SMILES string of the molecule is CCNC(=NCCCn1cc(C)cn1)N1CCC(OCC2CCCCO2)CC1.I. The van der Waals surface area contributed by atoms with E-state index in [-0.39, 0.29) is 24.0 Å². The van der Waals surface area contributed by atoms with Crippen molar-refractivity contribution < 1.29 is 9.47 Å². The lowest BCUT2D eigenvalue weighted by Crippen LogP contribution is -2.47. The maximum Gasteiger partial charge on any atom is 0.193 e. The summed E-state index contributed by atoms with van der Waals surface area (Å²) < 4.78 is 13.9. The van der Waals surface area contributed by atoms with Crippen LogP contribution in [0.1, 0.15) is 51.0 Å². The highest BCUT2D eigenvalue weighted by Crippen LogP contribution is 2.18. The summed E-state index contributed by atoms with van der Waals surface area (Å²) in [6.07, 6.45) is 11.4. The Labute approximate surface area is 192 Å². The Morgan fingerprint density at radius 3 is 2.79 bits per heavy atom. The second kappa shape index (κ2) is 13.4. The largest absolute Gasteiger partial charge is 0.376 e. The Bertz CT molecular complexity index is 596. The van der Waals surface area contributed by atoms with Gasteiger partial charge in [-0.25, -0.2) is 0 Å². The van der Waals surface area contributed by atoms with Gasteiger partial charge in [-0.3, -0.25) is 9.67 Å². The van der Waals surface area contributed by atoms with Crippen molar-refractivity contribution in [2.24, 2.45) is 4.99 Å². The van der Waals surface area contributed by atoms with Gasteiger partial charge in [0.05, 0.1) is 25.0 Å². The Morgan fingerprint density at radius 2 is 2.14 bits per heavy atom. The van der Waals surface area contributed by atoms with Crippen LogP contribution in [0.15, 0.2) is 17.4 Å². The van der Waals surface area contributed by atoms with Gasteiger partial charge < -0.3 is 19.7 Å². The highest BCUT2D eigenvalue weighted by atomic mass is 127. The summed E-state index contributed by atoms with van der Waals surface area (Å²) in [4.78, 5) is 7.21. The molecule has 3 rings (SSSR count). The van der Waals surface area contributed by atoms with Crippen molar-refractivity contribution >= 4 is 29.9 Å². The van der Waals surface area contributed by atoms with E-state index >= 15 is 0 Å². The molecule has 3 heterocycles. The topological polar surface area (TPSA) is 63.9 Å². The van der Waals surface area contributed by atoms with Crippen molar-refractivity contribution in [3.8, 4) is 0 Å². The van der Waals surface area contributed by atoms with Gasteiger partial charge in [0.2, 0.25) is 0 Å². The summed E-state index contributed by atoms with van der Waals surface area (Å²) >= 11 is 0. The first-order valence-corrected chi connectivity index (χ1v) is 11.0. The number of aromatic nitrogens is 2. The first-order valence-electron chi connectivity index (χ1n) is 11.0. The van der Waals surface area contributed by atoms with Crippen molar-refractivity contribution in [3.63, 3.8) is 0 Å². The zero-order valence-corrected chi connectivity index (χ0v) is 20.3. The average molecular weight is 519 g/mol. The van der Waals surface area contributed by atoms with Crippen LogP contribution < -0.4 is 5.32 Å². The molecule has 0 amide bonds. The minimum absolute atomic E-state index is 0. The molecule has 2 saturated heterocycles. The third-order valence-electron chi connectivity index (χ3n) is 5.44. The molecule has 29 heavy (non-hydrogen) atoms. The van der Waals surface area contributed by atoms with Crippen LogP contribution in [0.5, 0.6) is 0 Å². The molecule has 8 heteroatoms. The number of nitrogens with one attached hydrogen (secondary N) is 1. The Kier molecular flexibility index (Phi) is 11.3. The number of piperidine rings is 1. The molecule has 1 N–H and O–H groups in total. The molecule has 166 valence electrons.